The quantitative estimate of drug-likeness (QED) is 0.600. The van der Waals surface area contributed by atoms with E-state index in [2.05, 4.69) is 10.0 Å². The fourth-order valence-electron chi connectivity index (χ4n) is 2.77. The Kier molecular flexibility index (Phi) is 7.46. The third-order valence-electron chi connectivity index (χ3n) is 4.14. The number of sulfonamides is 1. The summed E-state index contributed by atoms with van der Waals surface area (Å²) in [6.45, 7) is 6.84. The van der Waals surface area contributed by atoms with Crippen LogP contribution in [0.1, 0.15) is 33.6 Å². The van der Waals surface area contributed by atoms with Gasteiger partial charge in [-0.05, 0) is 31.4 Å². The molecule has 27 heavy (non-hydrogen) atoms. The van der Waals surface area contributed by atoms with Crippen LogP contribution >= 0.6 is 0 Å². The Bertz CT molecular complexity index is 751. The van der Waals surface area contributed by atoms with Gasteiger partial charge in [-0.1, -0.05) is 13.8 Å². The molecule has 1 aromatic rings. The molecule has 9 heteroatoms. The zero-order valence-electron chi connectivity index (χ0n) is 16.0. The Balaban J connectivity index is 2.06. The number of rotatable bonds is 8. The highest BCUT2D eigenvalue weighted by Crippen LogP contribution is 2.31. The number of carbonyl (C=O) groups is 1. The van der Waals surface area contributed by atoms with Crippen molar-refractivity contribution in [2.24, 2.45) is 11.7 Å². The Morgan fingerprint density at radius 3 is 2.48 bits per heavy atom. The van der Waals surface area contributed by atoms with E-state index < -0.39 is 22.0 Å². The van der Waals surface area contributed by atoms with Crippen LogP contribution in [0.25, 0.3) is 0 Å². The fourth-order valence-corrected chi connectivity index (χ4v) is 3.99. The number of ether oxygens (including phenoxy) is 2. The zero-order valence-corrected chi connectivity index (χ0v) is 16.8. The number of carbonyl (C=O) groups excluding carboxylic acids is 1. The van der Waals surface area contributed by atoms with Crippen LogP contribution in [-0.2, 0) is 14.8 Å². The maximum Gasteiger partial charge on any atom is 0.241 e. The van der Waals surface area contributed by atoms with Crippen molar-refractivity contribution in [2.75, 3.05) is 19.8 Å². The Morgan fingerprint density at radius 1 is 1.19 bits per heavy atom. The number of amides is 1. The summed E-state index contributed by atoms with van der Waals surface area (Å²) in [5, 5.41) is 2.79. The van der Waals surface area contributed by atoms with Gasteiger partial charge < -0.3 is 20.5 Å². The molecule has 152 valence electrons. The normalized spacial score (nSPS) is 16.5. The SMILES string of the molecule is CC(C)CC(CN)NC(=O)C(C)NS(=O)(=O)c1ccc2c(c1)OCCCO2. The maximum absolute atomic E-state index is 12.6. The summed E-state index contributed by atoms with van der Waals surface area (Å²) in [6, 6.07) is 3.28. The standard InChI is InChI=1S/C18H29N3O5S/c1-12(2)9-14(11-19)20-18(22)13(3)21-27(23,24)15-5-6-16-17(10-15)26-8-4-7-25-16/h5-6,10,12-14,21H,4,7-9,11,19H2,1-3H3,(H,20,22). The summed E-state index contributed by atoms with van der Waals surface area (Å²) in [6.07, 6.45) is 1.45. The van der Waals surface area contributed by atoms with Gasteiger partial charge in [-0.15, -0.1) is 0 Å². The molecule has 0 aromatic heterocycles. The number of benzene rings is 1. The van der Waals surface area contributed by atoms with Gasteiger partial charge in [0.1, 0.15) is 0 Å². The van der Waals surface area contributed by atoms with Crippen molar-refractivity contribution in [1.82, 2.24) is 10.0 Å². The predicted octanol–water partition coefficient (Wildman–Crippen LogP) is 1.00. The molecular formula is C18H29N3O5S. The fraction of sp³-hybridized carbons (Fsp3) is 0.611. The van der Waals surface area contributed by atoms with Gasteiger partial charge in [-0.2, -0.15) is 4.72 Å². The molecule has 1 aromatic carbocycles. The molecular weight excluding hydrogens is 370 g/mol. The molecule has 1 amide bonds. The van der Waals surface area contributed by atoms with Crippen LogP contribution in [0.2, 0.25) is 0 Å². The van der Waals surface area contributed by atoms with Crippen molar-refractivity contribution < 1.29 is 22.7 Å². The molecule has 2 unspecified atom stereocenters. The largest absolute Gasteiger partial charge is 0.490 e. The van der Waals surface area contributed by atoms with Crippen LogP contribution < -0.4 is 25.2 Å². The second-order valence-corrected chi connectivity index (χ2v) is 8.79. The van der Waals surface area contributed by atoms with Crippen LogP contribution in [0.4, 0.5) is 0 Å². The van der Waals surface area contributed by atoms with Crippen molar-refractivity contribution in [2.45, 2.75) is 50.6 Å². The lowest BCUT2D eigenvalue weighted by Crippen LogP contribution is -2.50. The van der Waals surface area contributed by atoms with Gasteiger partial charge in [0.25, 0.3) is 0 Å². The van der Waals surface area contributed by atoms with Crippen molar-refractivity contribution in [3.05, 3.63) is 18.2 Å². The lowest BCUT2D eigenvalue weighted by atomic mass is 10.0. The minimum atomic E-state index is -3.89. The third-order valence-corrected chi connectivity index (χ3v) is 5.68. The van der Waals surface area contributed by atoms with Crippen LogP contribution in [0, 0.1) is 5.92 Å². The first kappa shape index (κ1) is 21.5. The molecule has 0 spiro atoms. The molecule has 1 heterocycles. The number of hydrogen-bond acceptors (Lipinski definition) is 6. The third kappa shape index (κ3) is 6.08. The lowest BCUT2D eigenvalue weighted by Gasteiger charge is -2.22. The Morgan fingerprint density at radius 2 is 1.85 bits per heavy atom. The van der Waals surface area contributed by atoms with Crippen molar-refractivity contribution in [3.63, 3.8) is 0 Å². The van der Waals surface area contributed by atoms with Crippen LogP contribution in [0.5, 0.6) is 11.5 Å². The molecule has 2 rings (SSSR count). The summed E-state index contributed by atoms with van der Waals surface area (Å²) >= 11 is 0. The molecule has 0 radical (unpaired) electrons. The summed E-state index contributed by atoms with van der Waals surface area (Å²) < 4.78 is 38.7. The second kappa shape index (κ2) is 9.38. The molecule has 1 aliphatic heterocycles. The smallest absolute Gasteiger partial charge is 0.241 e. The molecule has 0 bridgehead atoms. The monoisotopic (exact) mass is 399 g/mol. The lowest BCUT2D eigenvalue weighted by molar-refractivity contribution is -0.123. The molecule has 4 N–H and O–H groups in total. The first-order valence-corrected chi connectivity index (χ1v) is 10.6. The zero-order chi connectivity index (χ0) is 20.0. The van der Waals surface area contributed by atoms with Gasteiger partial charge in [0.2, 0.25) is 15.9 Å². The topological polar surface area (TPSA) is 120 Å². The van der Waals surface area contributed by atoms with E-state index in [1.54, 1.807) is 6.07 Å². The van der Waals surface area contributed by atoms with E-state index in [1.165, 1.54) is 19.1 Å². The summed E-state index contributed by atoms with van der Waals surface area (Å²) in [4.78, 5) is 12.4. The number of hydrogen-bond donors (Lipinski definition) is 3. The maximum atomic E-state index is 12.6. The molecule has 0 saturated heterocycles. The van der Waals surface area contributed by atoms with Crippen LogP contribution in [0.15, 0.2) is 23.1 Å². The highest BCUT2D eigenvalue weighted by molar-refractivity contribution is 7.89. The summed E-state index contributed by atoms with van der Waals surface area (Å²) in [5.74, 6) is 0.848. The van der Waals surface area contributed by atoms with Gasteiger partial charge >= 0.3 is 0 Å². The molecule has 0 saturated carbocycles. The van der Waals surface area contributed by atoms with Crippen molar-refractivity contribution in [3.8, 4) is 11.5 Å². The minimum Gasteiger partial charge on any atom is -0.490 e. The molecule has 2 atom stereocenters. The summed E-state index contributed by atoms with van der Waals surface area (Å²) in [5.41, 5.74) is 5.69. The molecule has 0 aliphatic carbocycles. The van der Waals surface area contributed by atoms with Crippen LogP contribution in [-0.4, -0.2) is 46.2 Å². The van der Waals surface area contributed by atoms with Crippen molar-refractivity contribution in [1.29, 1.82) is 0 Å². The average molecular weight is 400 g/mol. The predicted molar refractivity (Wildman–Crippen MR) is 102 cm³/mol. The van der Waals surface area contributed by atoms with Gasteiger partial charge in [0, 0.05) is 25.1 Å². The highest BCUT2D eigenvalue weighted by Gasteiger charge is 2.25. The van der Waals surface area contributed by atoms with E-state index in [1.807, 2.05) is 13.8 Å². The average Bonchev–Trinajstić information content (AvgIpc) is 2.84. The van der Waals surface area contributed by atoms with Gasteiger partial charge in [-0.3, -0.25) is 4.79 Å². The number of fused-ring (bicyclic) bond motifs is 1. The van der Waals surface area contributed by atoms with E-state index in [0.717, 1.165) is 12.8 Å². The van der Waals surface area contributed by atoms with E-state index >= 15 is 0 Å². The first-order valence-electron chi connectivity index (χ1n) is 9.15. The first-order chi connectivity index (χ1) is 12.7. The molecule has 0 fully saturated rings. The van der Waals surface area contributed by atoms with E-state index in [4.69, 9.17) is 15.2 Å². The Hall–Kier alpha value is -1.84. The van der Waals surface area contributed by atoms with Crippen LogP contribution in [0.3, 0.4) is 0 Å². The number of nitrogens with two attached hydrogens (primary N) is 1. The second-order valence-electron chi connectivity index (χ2n) is 7.07. The van der Waals surface area contributed by atoms with E-state index in [9.17, 15) is 13.2 Å². The number of nitrogens with one attached hydrogen (secondary N) is 2. The summed E-state index contributed by atoms with van der Waals surface area (Å²) in [7, 11) is -3.89. The minimum absolute atomic E-state index is 0.0176. The molecule has 8 nitrogen and oxygen atoms in total. The van der Waals surface area contributed by atoms with Crippen molar-refractivity contribution >= 4 is 15.9 Å². The Labute approximate surface area is 160 Å². The van der Waals surface area contributed by atoms with Gasteiger partial charge in [0.05, 0.1) is 24.2 Å². The molecule has 1 aliphatic rings. The van der Waals surface area contributed by atoms with E-state index in [-0.39, 0.29) is 10.9 Å². The van der Waals surface area contributed by atoms with E-state index in [0.29, 0.717) is 37.2 Å². The highest BCUT2D eigenvalue weighted by atomic mass is 32.2. The van der Waals surface area contributed by atoms with Gasteiger partial charge in [-0.25, -0.2) is 8.42 Å². The van der Waals surface area contributed by atoms with Gasteiger partial charge in [0.15, 0.2) is 11.5 Å².